The first-order chi connectivity index (χ1) is 36.6. The van der Waals surface area contributed by atoms with E-state index < -0.39 is 84.6 Å². The Labute approximate surface area is 454 Å². The number of amides is 2. The fraction of sp³-hybridized carbons (Fsp3) is 0.592. The molecule has 1 aliphatic rings. The van der Waals surface area contributed by atoms with Gasteiger partial charge in [0, 0.05) is 37.1 Å². The fourth-order valence-corrected chi connectivity index (χ4v) is 10.8. The average molecular weight is 1160 g/mol. The minimum absolute atomic E-state index is 0.0311. The van der Waals surface area contributed by atoms with Crippen LogP contribution in [0.1, 0.15) is 123 Å². The highest BCUT2D eigenvalue weighted by atomic mass is 32.2. The van der Waals surface area contributed by atoms with Crippen molar-refractivity contribution in [1.82, 2.24) is 30.2 Å². The van der Waals surface area contributed by atoms with Gasteiger partial charge in [-0.2, -0.15) is 4.31 Å². The van der Waals surface area contributed by atoms with Gasteiger partial charge >= 0.3 is 23.5 Å². The van der Waals surface area contributed by atoms with E-state index in [1.54, 1.807) is 0 Å². The molecule has 24 nitrogen and oxygen atoms in total. The molecule has 28 heteroatoms. The van der Waals surface area contributed by atoms with Crippen LogP contribution in [0.15, 0.2) is 85.6 Å². The van der Waals surface area contributed by atoms with Crippen LogP contribution in [0, 0.1) is 5.41 Å². The van der Waals surface area contributed by atoms with Crippen molar-refractivity contribution >= 4 is 69.1 Å². The molecule has 0 radical (unpaired) electrons. The first-order valence-corrected chi connectivity index (χ1v) is 31.0. The summed E-state index contributed by atoms with van der Waals surface area (Å²) in [6, 6.07) is 0. The number of carbonyl (C=O) groups is 3. The van der Waals surface area contributed by atoms with E-state index in [9.17, 15) is 57.9 Å². The number of phosphoric acid groups is 3. The van der Waals surface area contributed by atoms with Crippen LogP contribution >= 0.6 is 35.2 Å². The first-order valence-electron chi connectivity index (χ1n) is 25.5. The van der Waals surface area contributed by atoms with Crippen molar-refractivity contribution in [3.63, 3.8) is 0 Å². The molecule has 0 saturated carbocycles. The van der Waals surface area contributed by atoms with Gasteiger partial charge in [0.2, 0.25) is 11.8 Å². The lowest BCUT2D eigenvalue weighted by Gasteiger charge is -2.30. The molecular weight excluding hydrogens is 1080 g/mol. The summed E-state index contributed by atoms with van der Waals surface area (Å²) < 4.78 is 62.6. The Morgan fingerprint density at radius 2 is 1.36 bits per heavy atom. The predicted molar refractivity (Wildman–Crippen MR) is 292 cm³/mol. The second kappa shape index (κ2) is 35.6. The number of anilines is 1. The number of aliphatic hydroxyl groups excluding tert-OH is 2. The van der Waals surface area contributed by atoms with Crippen LogP contribution in [0.25, 0.3) is 11.2 Å². The quantitative estimate of drug-likeness (QED) is 0.0178. The first kappa shape index (κ1) is 67.3. The van der Waals surface area contributed by atoms with E-state index >= 15 is 0 Å². The maximum Gasteiger partial charge on any atom is 0.481 e. The standard InChI is InChI=1S/C49H78N7O17P3S/c1-4-5-6-7-8-9-10-11-12-13-14-15-16-17-18-19-20-21-22-23-24-25-26-27-28-29-40(58)77-33-32-51-39(57)30-31-52-47(61)44(60)49(2,3)35-70-76(67,68)73-75(65,66)69-34-38-43(72-74(62,63)64)42(59)48(71-38)56-37-55-41-45(50)53-36-54-46(41)56/h5-6,8-9,11-12,14-15,17-18,20-21,36-38,42-44,48,59-60H,4,7,10,13,16,19,22-35H2,1-3H3,(H,51,57)(H,52,61)(H,65,66)(H,67,68)(H2,50,53,54)(H2,62,63,64)/b6-5-,9-8-,12-11-,15-14-,18-17-,21-20-/t38-,42-,43-,44+,48-/m1/s1. The number of hydrogen-bond acceptors (Lipinski definition) is 18. The fourth-order valence-electron chi connectivity index (χ4n) is 7.25. The number of aliphatic hydroxyl groups is 2. The van der Waals surface area contributed by atoms with Gasteiger partial charge in [-0.15, -0.1) is 0 Å². The van der Waals surface area contributed by atoms with Gasteiger partial charge in [0.25, 0.3) is 0 Å². The minimum atomic E-state index is -5.58. The van der Waals surface area contributed by atoms with E-state index in [0.29, 0.717) is 12.2 Å². The van der Waals surface area contributed by atoms with Crippen molar-refractivity contribution in [3.8, 4) is 0 Å². The molecule has 0 aliphatic carbocycles. The van der Waals surface area contributed by atoms with Gasteiger partial charge in [0.15, 0.2) is 22.8 Å². The maximum atomic E-state index is 12.8. The Balaban J connectivity index is 1.22. The van der Waals surface area contributed by atoms with Crippen molar-refractivity contribution in [2.75, 3.05) is 37.8 Å². The minimum Gasteiger partial charge on any atom is -0.386 e. The van der Waals surface area contributed by atoms with Crippen LogP contribution in [0.5, 0.6) is 0 Å². The number of nitrogens with one attached hydrogen (secondary N) is 2. The highest BCUT2D eigenvalue weighted by molar-refractivity contribution is 8.13. The number of aromatic nitrogens is 4. The molecule has 0 spiro atoms. The van der Waals surface area contributed by atoms with Gasteiger partial charge in [0.05, 0.1) is 19.5 Å². The number of hydrogen-bond donors (Lipinski definition) is 9. The highest BCUT2D eigenvalue weighted by Gasteiger charge is 2.50. The number of fused-ring (bicyclic) bond motifs is 1. The van der Waals surface area contributed by atoms with E-state index in [-0.39, 0.29) is 41.6 Å². The predicted octanol–water partition coefficient (Wildman–Crippen LogP) is 7.48. The maximum absolute atomic E-state index is 12.8. The van der Waals surface area contributed by atoms with Gasteiger partial charge < -0.3 is 50.9 Å². The van der Waals surface area contributed by atoms with E-state index in [2.05, 4.69) is 114 Å². The number of thioether (sulfide) groups is 1. The third-order valence-corrected chi connectivity index (χ3v) is 15.4. The second-order valence-corrected chi connectivity index (χ2v) is 23.8. The lowest BCUT2D eigenvalue weighted by molar-refractivity contribution is -0.137. The van der Waals surface area contributed by atoms with Crippen LogP contribution in [-0.4, -0.2) is 123 Å². The molecule has 2 amide bonds. The zero-order chi connectivity index (χ0) is 56.7. The van der Waals surface area contributed by atoms with E-state index in [1.165, 1.54) is 13.8 Å². The van der Waals surface area contributed by atoms with Crippen molar-refractivity contribution < 1.29 is 80.5 Å². The van der Waals surface area contributed by atoms with Crippen LogP contribution in [0.3, 0.4) is 0 Å². The number of phosphoric ester groups is 3. The van der Waals surface area contributed by atoms with Gasteiger partial charge in [-0.05, 0) is 57.8 Å². The van der Waals surface area contributed by atoms with Crippen LogP contribution < -0.4 is 16.4 Å². The van der Waals surface area contributed by atoms with Crippen molar-refractivity contribution in [3.05, 3.63) is 85.6 Å². The number of ether oxygens (including phenoxy) is 1. The SMILES string of the molecule is CC/C=C\C/C=C\C/C=C\C/C=C\C/C=C\C/C=C\CCCCCCCCC(=O)SCCNC(=O)CCNC(=O)[C@H](O)C(C)(C)COP(=O)(O)OP(=O)(O)OC[C@H]1O[C@@H](n2cnc3c(N)ncnc32)[C@H](O)[C@@H]1OP(=O)(O)O. The average Bonchev–Trinajstić information content (AvgIpc) is 3.96. The monoisotopic (exact) mass is 1160 g/mol. The molecule has 1 saturated heterocycles. The van der Waals surface area contributed by atoms with Crippen molar-refractivity contribution in [2.45, 2.75) is 148 Å². The Bertz CT molecular complexity index is 2470. The van der Waals surface area contributed by atoms with Gasteiger partial charge in [-0.25, -0.2) is 28.6 Å². The number of unbranched alkanes of at least 4 members (excludes halogenated alkanes) is 6. The van der Waals surface area contributed by atoms with Crippen LogP contribution in [-0.2, 0) is 50.7 Å². The second-order valence-electron chi connectivity index (χ2n) is 18.4. The summed E-state index contributed by atoms with van der Waals surface area (Å²) >= 11 is 1.14. The number of allylic oxidation sites excluding steroid dienone is 12. The largest absolute Gasteiger partial charge is 0.481 e. The third kappa shape index (κ3) is 27.6. The number of nitrogens with two attached hydrogens (primary N) is 1. The summed E-state index contributed by atoms with van der Waals surface area (Å²) in [5.41, 5.74) is 4.28. The summed E-state index contributed by atoms with van der Waals surface area (Å²) in [6.07, 6.45) is 33.2. The third-order valence-electron chi connectivity index (χ3n) is 11.4. The zero-order valence-corrected chi connectivity index (χ0v) is 47.4. The van der Waals surface area contributed by atoms with Gasteiger partial charge in [0.1, 0.15) is 36.3 Å². The molecule has 0 aromatic carbocycles. The molecule has 3 rings (SSSR count). The van der Waals surface area contributed by atoms with Crippen molar-refractivity contribution in [2.24, 2.45) is 5.41 Å². The van der Waals surface area contributed by atoms with E-state index in [1.807, 2.05) is 0 Å². The summed E-state index contributed by atoms with van der Waals surface area (Å²) in [7, 11) is -16.4. The van der Waals surface area contributed by atoms with E-state index in [4.69, 9.17) is 19.5 Å². The molecule has 10 N–H and O–H groups in total. The van der Waals surface area contributed by atoms with Crippen LogP contribution in [0.2, 0.25) is 0 Å². The number of nitrogen functional groups attached to an aromatic ring is 1. The van der Waals surface area contributed by atoms with E-state index in [0.717, 1.165) is 112 Å². The molecule has 1 aliphatic heterocycles. The number of nitrogens with zero attached hydrogens (tertiary/aromatic N) is 4. The van der Waals surface area contributed by atoms with Crippen molar-refractivity contribution in [1.29, 1.82) is 0 Å². The molecule has 2 aromatic rings. The molecule has 2 aromatic heterocycles. The number of rotatable bonds is 39. The van der Waals surface area contributed by atoms with Gasteiger partial charge in [-0.3, -0.25) is 32.5 Å². The number of carbonyl (C=O) groups excluding carboxylic acids is 3. The summed E-state index contributed by atoms with van der Waals surface area (Å²) in [6.45, 7) is 2.68. The Hall–Kier alpha value is -4.00. The van der Waals surface area contributed by atoms with Gasteiger partial charge in [-0.1, -0.05) is 131 Å². The lowest BCUT2D eigenvalue weighted by atomic mass is 9.87. The molecule has 2 unspecified atom stereocenters. The molecule has 1 fully saturated rings. The Kier molecular flexibility index (Phi) is 31.1. The highest BCUT2D eigenvalue weighted by Crippen LogP contribution is 2.61. The molecular formula is C49H78N7O17P3S. The smallest absolute Gasteiger partial charge is 0.386 e. The molecule has 7 atom stereocenters. The summed E-state index contributed by atoms with van der Waals surface area (Å²) in [5, 5.41) is 26.7. The molecule has 77 heavy (non-hydrogen) atoms. The Morgan fingerprint density at radius 3 is 1.97 bits per heavy atom. The Morgan fingerprint density at radius 1 is 0.792 bits per heavy atom. The van der Waals surface area contributed by atoms with Crippen LogP contribution in [0.4, 0.5) is 5.82 Å². The summed E-state index contributed by atoms with van der Waals surface area (Å²) in [4.78, 5) is 88.6. The zero-order valence-electron chi connectivity index (χ0n) is 43.9. The molecule has 0 bridgehead atoms. The topological polar surface area (TPSA) is 364 Å². The normalized spacial score (nSPS) is 19.6. The number of imidazole rings is 1. The lowest BCUT2D eigenvalue weighted by Crippen LogP contribution is -2.46. The summed E-state index contributed by atoms with van der Waals surface area (Å²) in [5.74, 6) is -1.05. The molecule has 3 heterocycles. The molecule has 432 valence electrons.